The molecule has 0 saturated carbocycles. The SMILES string of the molecule is Cc1c(OCCN2CCCC2)cc(Cl)cc1N1CCN(C(=O)OC(C)(C)C)CC1. The van der Waals surface area contributed by atoms with Crippen LogP contribution in [-0.2, 0) is 4.74 Å². The Morgan fingerprint density at radius 2 is 1.72 bits per heavy atom. The second-order valence-corrected chi connectivity index (χ2v) is 9.34. The first kappa shape index (κ1) is 22.0. The molecule has 2 fully saturated rings. The molecule has 1 amide bonds. The van der Waals surface area contributed by atoms with Gasteiger partial charge in [-0.25, -0.2) is 4.79 Å². The minimum atomic E-state index is -0.473. The minimum Gasteiger partial charge on any atom is -0.492 e. The fourth-order valence-electron chi connectivity index (χ4n) is 3.87. The molecule has 7 heteroatoms. The van der Waals surface area contributed by atoms with Crippen LogP contribution in [0.2, 0.25) is 5.02 Å². The lowest BCUT2D eigenvalue weighted by molar-refractivity contribution is 0.0240. The van der Waals surface area contributed by atoms with Gasteiger partial charge in [-0.05, 0) is 65.8 Å². The number of carbonyl (C=O) groups excluding carboxylic acids is 1. The predicted molar refractivity (Wildman–Crippen MR) is 117 cm³/mol. The Morgan fingerprint density at radius 3 is 2.34 bits per heavy atom. The highest BCUT2D eigenvalue weighted by Crippen LogP contribution is 2.33. The Morgan fingerprint density at radius 1 is 1.07 bits per heavy atom. The van der Waals surface area contributed by atoms with Gasteiger partial charge in [-0.1, -0.05) is 11.6 Å². The minimum absolute atomic E-state index is 0.245. The Kier molecular flexibility index (Phi) is 7.17. The van der Waals surface area contributed by atoms with E-state index in [2.05, 4.69) is 16.7 Å². The summed E-state index contributed by atoms with van der Waals surface area (Å²) in [5, 5.41) is 0.677. The van der Waals surface area contributed by atoms with Crippen LogP contribution < -0.4 is 9.64 Å². The summed E-state index contributed by atoms with van der Waals surface area (Å²) in [5.41, 5.74) is 1.71. The number of likely N-dealkylation sites (tertiary alicyclic amines) is 1. The van der Waals surface area contributed by atoms with Gasteiger partial charge in [0.15, 0.2) is 0 Å². The van der Waals surface area contributed by atoms with E-state index in [1.807, 2.05) is 32.9 Å². The fraction of sp³-hybridized carbons (Fsp3) is 0.682. The molecule has 0 radical (unpaired) electrons. The Labute approximate surface area is 179 Å². The summed E-state index contributed by atoms with van der Waals surface area (Å²) < 4.78 is 11.6. The van der Waals surface area contributed by atoms with E-state index in [0.717, 1.165) is 36.6 Å². The van der Waals surface area contributed by atoms with Gasteiger partial charge in [0.05, 0.1) is 0 Å². The summed E-state index contributed by atoms with van der Waals surface area (Å²) >= 11 is 6.40. The number of piperazine rings is 1. The molecule has 6 nitrogen and oxygen atoms in total. The van der Waals surface area contributed by atoms with Gasteiger partial charge in [-0.2, -0.15) is 0 Å². The van der Waals surface area contributed by atoms with Gasteiger partial charge < -0.3 is 19.3 Å². The molecule has 2 aliphatic heterocycles. The number of carbonyl (C=O) groups is 1. The van der Waals surface area contributed by atoms with Crippen molar-refractivity contribution in [3.63, 3.8) is 0 Å². The number of benzene rings is 1. The zero-order valence-corrected chi connectivity index (χ0v) is 18.9. The van der Waals surface area contributed by atoms with Gasteiger partial charge in [0.1, 0.15) is 18.0 Å². The number of amides is 1. The Balaban J connectivity index is 1.59. The van der Waals surface area contributed by atoms with Crippen molar-refractivity contribution < 1.29 is 14.3 Å². The van der Waals surface area contributed by atoms with Crippen LogP contribution in [0.25, 0.3) is 0 Å². The molecule has 0 atom stereocenters. The van der Waals surface area contributed by atoms with E-state index in [-0.39, 0.29) is 6.09 Å². The zero-order chi connectivity index (χ0) is 21.0. The molecule has 0 unspecified atom stereocenters. The molecule has 0 bridgehead atoms. The fourth-order valence-corrected chi connectivity index (χ4v) is 4.07. The van der Waals surface area contributed by atoms with Gasteiger partial charge in [-0.3, -0.25) is 4.90 Å². The molecule has 2 saturated heterocycles. The van der Waals surface area contributed by atoms with Gasteiger partial charge >= 0.3 is 6.09 Å². The average Bonchev–Trinajstić information content (AvgIpc) is 3.16. The predicted octanol–water partition coefficient (Wildman–Crippen LogP) is 4.18. The Bertz CT molecular complexity index is 706. The number of anilines is 1. The highest BCUT2D eigenvalue weighted by Gasteiger charge is 2.27. The molecular formula is C22H34ClN3O3. The zero-order valence-electron chi connectivity index (χ0n) is 18.2. The molecule has 1 aromatic carbocycles. The lowest BCUT2D eigenvalue weighted by Crippen LogP contribution is -2.50. The summed E-state index contributed by atoms with van der Waals surface area (Å²) in [6, 6.07) is 3.90. The van der Waals surface area contributed by atoms with Crippen LogP contribution in [0, 0.1) is 6.92 Å². The van der Waals surface area contributed by atoms with Crippen molar-refractivity contribution in [2.24, 2.45) is 0 Å². The summed E-state index contributed by atoms with van der Waals surface area (Å²) in [7, 11) is 0. The van der Waals surface area contributed by atoms with E-state index < -0.39 is 5.60 Å². The maximum atomic E-state index is 12.3. The summed E-state index contributed by atoms with van der Waals surface area (Å²) in [6.07, 6.45) is 2.33. The van der Waals surface area contributed by atoms with E-state index in [1.54, 1.807) is 4.90 Å². The van der Waals surface area contributed by atoms with Crippen molar-refractivity contribution in [2.45, 2.75) is 46.1 Å². The van der Waals surface area contributed by atoms with Gasteiger partial charge in [0.2, 0.25) is 0 Å². The highest BCUT2D eigenvalue weighted by atomic mass is 35.5. The van der Waals surface area contributed by atoms with Crippen LogP contribution in [0.15, 0.2) is 12.1 Å². The van der Waals surface area contributed by atoms with E-state index in [4.69, 9.17) is 21.1 Å². The van der Waals surface area contributed by atoms with Crippen LogP contribution in [0.1, 0.15) is 39.2 Å². The largest absolute Gasteiger partial charge is 0.492 e. The summed E-state index contributed by atoms with van der Waals surface area (Å²) in [4.78, 5) is 18.8. The smallest absolute Gasteiger partial charge is 0.410 e. The normalized spacial score (nSPS) is 18.2. The molecule has 0 N–H and O–H groups in total. The quantitative estimate of drug-likeness (QED) is 0.710. The van der Waals surface area contributed by atoms with Crippen LogP contribution >= 0.6 is 11.6 Å². The van der Waals surface area contributed by atoms with Gasteiger partial charge in [-0.15, -0.1) is 0 Å². The van der Waals surface area contributed by atoms with Gasteiger partial charge in [0.25, 0.3) is 0 Å². The number of nitrogens with zero attached hydrogens (tertiary/aromatic N) is 3. The molecule has 2 aliphatic rings. The molecule has 162 valence electrons. The maximum absolute atomic E-state index is 12.3. The maximum Gasteiger partial charge on any atom is 0.410 e. The third-order valence-electron chi connectivity index (χ3n) is 5.43. The third kappa shape index (κ3) is 6.16. The first-order valence-corrected chi connectivity index (χ1v) is 11.0. The van der Waals surface area contributed by atoms with Crippen molar-refractivity contribution in [1.82, 2.24) is 9.80 Å². The monoisotopic (exact) mass is 423 g/mol. The number of hydrogen-bond acceptors (Lipinski definition) is 5. The van der Waals surface area contributed by atoms with Crippen molar-refractivity contribution in [3.8, 4) is 5.75 Å². The molecule has 0 aliphatic carbocycles. The van der Waals surface area contributed by atoms with E-state index in [9.17, 15) is 4.79 Å². The standard InChI is InChI=1S/C22H34ClN3O3/c1-17-19(25-9-11-26(12-10-25)21(27)29-22(2,3)4)15-18(23)16-20(17)28-14-13-24-7-5-6-8-24/h15-16H,5-14H2,1-4H3. The van der Waals surface area contributed by atoms with Crippen LogP contribution in [-0.4, -0.2) is 73.9 Å². The van der Waals surface area contributed by atoms with E-state index in [1.165, 1.54) is 25.9 Å². The van der Waals surface area contributed by atoms with Crippen LogP contribution in [0.3, 0.4) is 0 Å². The van der Waals surface area contributed by atoms with Gasteiger partial charge in [0, 0.05) is 49.0 Å². The lowest BCUT2D eigenvalue weighted by atomic mass is 10.1. The third-order valence-corrected chi connectivity index (χ3v) is 5.65. The second-order valence-electron chi connectivity index (χ2n) is 8.90. The van der Waals surface area contributed by atoms with Crippen molar-refractivity contribution in [3.05, 3.63) is 22.7 Å². The topological polar surface area (TPSA) is 45.2 Å². The van der Waals surface area contributed by atoms with Crippen LogP contribution in [0.4, 0.5) is 10.5 Å². The highest BCUT2D eigenvalue weighted by molar-refractivity contribution is 6.31. The molecule has 3 rings (SSSR count). The number of ether oxygens (including phenoxy) is 2. The van der Waals surface area contributed by atoms with Crippen molar-refractivity contribution >= 4 is 23.4 Å². The average molecular weight is 424 g/mol. The summed E-state index contributed by atoms with van der Waals surface area (Å²) in [5.74, 6) is 0.848. The number of hydrogen-bond donors (Lipinski definition) is 0. The van der Waals surface area contributed by atoms with Crippen molar-refractivity contribution in [2.75, 3.05) is 57.3 Å². The number of halogens is 1. The van der Waals surface area contributed by atoms with Crippen molar-refractivity contribution in [1.29, 1.82) is 0 Å². The molecule has 1 aromatic rings. The first-order valence-electron chi connectivity index (χ1n) is 10.6. The molecule has 2 heterocycles. The first-order chi connectivity index (χ1) is 13.7. The summed E-state index contributed by atoms with van der Waals surface area (Å²) in [6.45, 7) is 14.5. The molecule has 29 heavy (non-hydrogen) atoms. The van der Waals surface area contributed by atoms with Crippen LogP contribution in [0.5, 0.6) is 5.75 Å². The second kappa shape index (κ2) is 9.43. The molecule has 0 aromatic heterocycles. The van der Waals surface area contributed by atoms with E-state index in [0.29, 0.717) is 24.7 Å². The number of rotatable bonds is 5. The molecular weight excluding hydrogens is 390 g/mol. The molecule has 0 spiro atoms. The Hall–Kier alpha value is -1.66. The van der Waals surface area contributed by atoms with E-state index >= 15 is 0 Å². The lowest BCUT2D eigenvalue weighted by Gasteiger charge is -2.37.